The quantitative estimate of drug-likeness (QED) is 0.693. The van der Waals surface area contributed by atoms with E-state index >= 15 is 0 Å². The summed E-state index contributed by atoms with van der Waals surface area (Å²) in [5, 5.41) is 0. The first-order chi connectivity index (χ1) is 7.11. The van der Waals surface area contributed by atoms with Crippen LogP contribution in [-0.4, -0.2) is 13.2 Å². The van der Waals surface area contributed by atoms with E-state index in [4.69, 9.17) is 9.47 Å². The molecule has 1 aliphatic carbocycles. The largest absolute Gasteiger partial charge is 0.486 e. The predicted octanol–water partition coefficient (Wildman–Crippen LogP) is 3.26. The lowest BCUT2D eigenvalue weighted by molar-refractivity contribution is 0.0574. The maximum Gasteiger partial charge on any atom is 0.161 e. The van der Waals surface area contributed by atoms with Crippen molar-refractivity contribution in [2.24, 2.45) is 11.8 Å². The highest BCUT2D eigenvalue weighted by atomic mass is 16.6. The SMILES string of the molecule is CC(C)C1=C2OCCOC2=C(C(C)C)C1. The lowest BCUT2D eigenvalue weighted by Gasteiger charge is -2.21. The van der Waals surface area contributed by atoms with Gasteiger partial charge in [0.1, 0.15) is 13.2 Å². The van der Waals surface area contributed by atoms with Crippen molar-refractivity contribution in [1.29, 1.82) is 0 Å². The molecule has 84 valence electrons. The van der Waals surface area contributed by atoms with E-state index in [0.29, 0.717) is 25.0 Å². The van der Waals surface area contributed by atoms with E-state index in [1.807, 2.05) is 0 Å². The van der Waals surface area contributed by atoms with Crippen molar-refractivity contribution in [3.8, 4) is 0 Å². The van der Waals surface area contributed by atoms with E-state index in [1.165, 1.54) is 11.1 Å². The molecule has 2 rings (SSSR count). The topological polar surface area (TPSA) is 18.5 Å². The van der Waals surface area contributed by atoms with Crippen LogP contribution in [0.15, 0.2) is 22.7 Å². The van der Waals surface area contributed by atoms with E-state index in [9.17, 15) is 0 Å². The smallest absolute Gasteiger partial charge is 0.161 e. The van der Waals surface area contributed by atoms with Crippen LogP contribution >= 0.6 is 0 Å². The van der Waals surface area contributed by atoms with E-state index in [2.05, 4.69) is 27.7 Å². The Balaban J connectivity index is 2.34. The van der Waals surface area contributed by atoms with Gasteiger partial charge in [0.25, 0.3) is 0 Å². The molecular formula is C13H20O2. The van der Waals surface area contributed by atoms with Crippen LogP contribution in [0.4, 0.5) is 0 Å². The zero-order valence-electron chi connectivity index (χ0n) is 10.1. The lowest BCUT2D eigenvalue weighted by atomic mass is 9.95. The van der Waals surface area contributed by atoms with Gasteiger partial charge in [-0.15, -0.1) is 0 Å². The van der Waals surface area contributed by atoms with Crippen LogP contribution in [0.1, 0.15) is 34.1 Å². The Morgan fingerprint density at radius 2 is 1.20 bits per heavy atom. The maximum atomic E-state index is 5.75. The standard InChI is InChI=1S/C13H20O2/c1-8(2)10-7-11(9(3)4)13-12(10)14-5-6-15-13/h8-9H,5-7H2,1-4H3. The van der Waals surface area contributed by atoms with Crippen molar-refractivity contribution in [2.75, 3.05) is 13.2 Å². The third-order valence-corrected chi connectivity index (χ3v) is 3.14. The molecule has 15 heavy (non-hydrogen) atoms. The second kappa shape index (κ2) is 3.92. The summed E-state index contributed by atoms with van der Waals surface area (Å²) in [6, 6.07) is 0. The number of fused-ring (bicyclic) bond motifs is 1. The first-order valence-corrected chi connectivity index (χ1v) is 5.83. The Kier molecular flexibility index (Phi) is 2.76. The molecule has 0 saturated carbocycles. The van der Waals surface area contributed by atoms with E-state index in [-0.39, 0.29) is 0 Å². The summed E-state index contributed by atoms with van der Waals surface area (Å²) in [5.41, 5.74) is 2.82. The van der Waals surface area contributed by atoms with Crippen molar-refractivity contribution in [3.05, 3.63) is 22.7 Å². The summed E-state index contributed by atoms with van der Waals surface area (Å²) in [7, 11) is 0. The van der Waals surface area contributed by atoms with Crippen LogP contribution in [0.5, 0.6) is 0 Å². The highest BCUT2D eigenvalue weighted by Gasteiger charge is 2.32. The first kappa shape index (κ1) is 10.6. The van der Waals surface area contributed by atoms with Crippen molar-refractivity contribution >= 4 is 0 Å². The highest BCUT2D eigenvalue weighted by Crippen LogP contribution is 2.41. The number of hydrogen-bond donors (Lipinski definition) is 0. The molecule has 0 radical (unpaired) electrons. The number of rotatable bonds is 2. The Bertz CT molecular complexity index is 289. The molecule has 1 saturated heterocycles. The van der Waals surface area contributed by atoms with Gasteiger partial charge in [0.15, 0.2) is 11.5 Å². The molecule has 0 aromatic carbocycles. The molecule has 2 nitrogen and oxygen atoms in total. The Morgan fingerprint density at radius 3 is 1.53 bits per heavy atom. The summed E-state index contributed by atoms with van der Waals surface area (Å²) in [5.74, 6) is 3.18. The fraction of sp³-hybridized carbons (Fsp3) is 0.692. The molecule has 0 atom stereocenters. The monoisotopic (exact) mass is 208 g/mol. The highest BCUT2D eigenvalue weighted by molar-refractivity contribution is 5.42. The average molecular weight is 208 g/mol. The van der Waals surface area contributed by atoms with Crippen LogP contribution in [0.3, 0.4) is 0 Å². The van der Waals surface area contributed by atoms with Crippen LogP contribution in [-0.2, 0) is 9.47 Å². The Morgan fingerprint density at radius 1 is 0.800 bits per heavy atom. The molecular weight excluding hydrogens is 188 g/mol. The molecule has 2 heteroatoms. The normalized spacial score (nSPS) is 20.9. The number of allylic oxidation sites excluding steroid dienone is 2. The lowest BCUT2D eigenvalue weighted by Crippen LogP contribution is -2.15. The fourth-order valence-electron chi connectivity index (χ4n) is 2.19. The zero-order valence-corrected chi connectivity index (χ0v) is 10.1. The molecule has 0 bridgehead atoms. The van der Waals surface area contributed by atoms with Crippen molar-refractivity contribution < 1.29 is 9.47 Å². The summed E-state index contributed by atoms with van der Waals surface area (Å²) >= 11 is 0. The Hall–Kier alpha value is -0.920. The maximum absolute atomic E-state index is 5.75. The summed E-state index contributed by atoms with van der Waals surface area (Å²) in [4.78, 5) is 0. The zero-order chi connectivity index (χ0) is 11.0. The van der Waals surface area contributed by atoms with E-state index in [0.717, 1.165) is 17.9 Å². The molecule has 0 N–H and O–H groups in total. The minimum absolute atomic E-state index is 0.549. The second-order valence-corrected chi connectivity index (χ2v) is 4.89. The summed E-state index contributed by atoms with van der Waals surface area (Å²) in [6.07, 6.45) is 1.04. The Labute approximate surface area is 92.0 Å². The van der Waals surface area contributed by atoms with Crippen LogP contribution in [0.25, 0.3) is 0 Å². The van der Waals surface area contributed by atoms with Gasteiger partial charge >= 0.3 is 0 Å². The molecule has 0 spiro atoms. The molecule has 0 unspecified atom stereocenters. The fourth-order valence-corrected chi connectivity index (χ4v) is 2.19. The van der Waals surface area contributed by atoms with Gasteiger partial charge in [-0.25, -0.2) is 0 Å². The molecule has 2 aliphatic rings. The average Bonchev–Trinajstić information content (AvgIpc) is 2.56. The second-order valence-electron chi connectivity index (χ2n) is 4.89. The van der Waals surface area contributed by atoms with Gasteiger partial charge in [0.2, 0.25) is 0 Å². The van der Waals surface area contributed by atoms with Gasteiger partial charge in [0, 0.05) is 0 Å². The van der Waals surface area contributed by atoms with Crippen molar-refractivity contribution in [2.45, 2.75) is 34.1 Å². The molecule has 0 aromatic heterocycles. The molecule has 0 aromatic rings. The van der Waals surface area contributed by atoms with Gasteiger partial charge in [-0.1, -0.05) is 27.7 Å². The van der Waals surface area contributed by atoms with Gasteiger partial charge in [0.05, 0.1) is 0 Å². The molecule has 1 heterocycles. The van der Waals surface area contributed by atoms with Gasteiger partial charge in [-0.2, -0.15) is 0 Å². The van der Waals surface area contributed by atoms with Crippen LogP contribution < -0.4 is 0 Å². The van der Waals surface area contributed by atoms with E-state index in [1.54, 1.807) is 0 Å². The molecule has 1 fully saturated rings. The van der Waals surface area contributed by atoms with Gasteiger partial charge in [-0.05, 0) is 29.4 Å². The summed E-state index contributed by atoms with van der Waals surface area (Å²) in [6.45, 7) is 10.3. The van der Waals surface area contributed by atoms with Gasteiger partial charge in [-0.3, -0.25) is 0 Å². The third kappa shape index (κ3) is 1.77. The number of ether oxygens (including phenoxy) is 2. The van der Waals surface area contributed by atoms with Crippen molar-refractivity contribution in [1.82, 2.24) is 0 Å². The summed E-state index contributed by atoms with van der Waals surface area (Å²) < 4.78 is 11.5. The molecule has 1 aliphatic heterocycles. The predicted molar refractivity (Wildman–Crippen MR) is 60.2 cm³/mol. The van der Waals surface area contributed by atoms with Gasteiger partial charge < -0.3 is 9.47 Å². The minimum atomic E-state index is 0.549. The van der Waals surface area contributed by atoms with Crippen molar-refractivity contribution in [3.63, 3.8) is 0 Å². The van der Waals surface area contributed by atoms with Crippen LogP contribution in [0.2, 0.25) is 0 Å². The minimum Gasteiger partial charge on any atom is -0.486 e. The van der Waals surface area contributed by atoms with E-state index < -0.39 is 0 Å². The molecule has 0 amide bonds. The van der Waals surface area contributed by atoms with Crippen LogP contribution in [0, 0.1) is 11.8 Å². The third-order valence-electron chi connectivity index (χ3n) is 3.14. The number of hydrogen-bond acceptors (Lipinski definition) is 2. The first-order valence-electron chi connectivity index (χ1n) is 5.83.